The normalized spacial score (nSPS) is 18.4. The summed E-state index contributed by atoms with van der Waals surface area (Å²) < 4.78 is 0. The Morgan fingerprint density at radius 2 is 2.00 bits per heavy atom. The van der Waals surface area contributed by atoms with Crippen molar-refractivity contribution >= 4 is 29.3 Å². The van der Waals surface area contributed by atoms with Crippen molar-refractivity contribution in [1.29, 1.82) is 0 Å². The van der Waals surface area contributed by atoms with Gasteiger partial charge in [-0.3, -0.25) is 4.79 Å². The summed E-state index contributed by atoms with van der Waals surface area (Å²) >= 11 is 1.22. The van der Waals surface area contributed by atoms with Crippen LogP contribution >= 0.6 is 11.3 Å². The molecule has 1 amide bonds. The summed E-state index contributed by atoms with van der Waals surface area (Å²) in [6.07, 6.45) is 9.46. The monoisotopic (exact) mass is 455 g/mol. The Labute approximate surface area is 194 Å². The number of carbonyl (C=O) groups excluding carboxylic acids is 1. The van der Waals surface area contributed by atoms with Crippen LogP contribution in [0.5, 0.6) is 0 Å². The lowest BCUT2D eigenvalue weighted by molar-refractivity contribution is -0.128. The molecule has 3 atom stereocenters. The van der Waals surface area contributed by atoms with Crippen molar-refractivity contribution in [1.82, 2.24) is 4.90 Å². The highest BCUT2D eigenvalue weighted by Crippen LogP contribution is 2.26. The first-order valence-electron chi connectivity index (χ1n) is 11.4. The molecule has 2 N–H and O–H groups in total. The highest BCUT2D eigenvalue weighted by atomic mass is 32.1. The molecule has 0 radical (unpaired) electrons. The highest BCUT2D eigenvalue weighted by molar-refractivity contribution is 7.14. The molecule has 0 spiro atoms. The molecule has 2 heterocycles. The number of thiophene rings is 1. The fraction of sp³-hybridized carbons (Fsp3) is 0.462. The lowest BCUT2D eigenvalue weighted by Gasteiger charge is -2.26. The van der Waals surface area contributed by atoms with Crippen LogP contribution in [0.3, 0.4) is 0 Å². The predicted molar refractivity (Wildman–Crippen MR) is 129 cm³/mol. The molecule has 1 aromatic carbocycles. The van der Waals surface area contributed by atoms with Crippen LogP contribution in [-0.4, -0.2) is 45.7 Å². The van der Waals surface area contributed by atoms with Gasteiger partial charge in [0, 0.05) is 23.9 Å². The first kappa shape index (κ1) is 24.2. The number of rotatable bonds is 12. The molecule has 2 aromatic rings. The number of likely N-dealkylation sites (tertiary alicyclic amines) is 1. The van der Waals surface area contributed by atoms with Crippen molar-refractivity contribution in [2.24, 2.45) is 5.92 Å². The molecule has 1 fully saturated rings. The predicted octanol–water partition coefficient (Wildman–Crippen LogP) is 5.25. The van der Waals surface area contributed by atoms with Gasteiger partial charge in [-0.2, -0.15) is 0 Å². The van der Waals surface area contributed by atoms with Crippen LogP contribution in [0, 0.1) is 5.92 Å². The zero-order valence-electron chi connectivity index (χ0n) is 18.7. The number of amides is 1. The number of carbonyl (C=O) groups is 2. The third-order valence-electron chi connectivity index (χ3n) is 6.29. The topological polar surface area (TPSA) is 77.8 Å². The number of aromatic carboxylic acids is 1. The molecule has 0 unspecified atom stereocenters. The number of hydrogen-bond donors (Lipinski definition) is 2. The molecule has 0 bridgehead atoms. The van der Waals surface area contributed by atoms with E-state index >= 15 is 0 Å². The van der Waals surface area contributed by atoms with E-state index in [1.54, 1.807) is 12.1 Å². The van der Waals surface area contributed by atoms with E-state index in [0.29, 0.717) is 24.3 Å². The maximum Gasteiger partial charge on any atom is 0.345 e. The average molecular weight is 456 g/mol. The summed E-state index contributed by atoms with van der Waals surface area (Å²) in [6.45, 7) is 2.63. The van der Waals surface area contributed by atoms with Crippen LogP contribution in [0.2, 0.25) is 0 Å². The number of carboxylic acid groups (broad SMARTS) is 1. The SMILES string of the molecule is C[C@@H](CCCc1ccccc1)[C@H](O)CC[C@H]1CCC(=O)N1CC=Cc1ccc(C(=O)O)s1. The molecule has 1 aromatic heterocycles. The standard InChI is InChI=1S/C26H33NO4S/c1-19(7-5-10-20-8-3-2-4-9-20)23(28)15-12-21-13-17-25(29)27(21)18-6-11-22-14-16-24(32-22)26(30)31/h2-4,6,8-9,11,14,16,19,21,23,28H,5,7,10,12-13,15,17-18H2,1H3,(H,30,31)/t19-,21-,23+/m0/s1. The fourth-order valence-corrected chi connectivity index (χ4v) is 5.07. The van der Waals surface area contributed by atoms with E-state index in [1.807, 2.05) is 23.1 Å². The molecule has 1 aliphatic rings. The number of hydrogen-bond acceptors (Lipinski definition) is 4. The van der Waals surface area contributed by atoms with Crippen LogP contribution in [0.25, 0.3) is 6.08 Å². The molecule has 5 nitrogen and oxygen atoms in total. The first-order valence-corrected chi connectivity index (χ1v) is 12.3. The van der Waals surface area contributed by atoms with Crippen LogP contribution in [0.1, 0.15) is 65.6 Å². The molecule has 32 heavy (non-hydrogen) atoms. The average Bonchev–Trinajstić information content (AvgIpc) is 3.40. The Hall–Kier alpha value is -2.44. The van der Waals surface area contributed by atoms with Gasteiger partial charge in [-0.1, -0.05) is 43.3 Å². The lowest BCUT2D eigenvalue weighted by atomic mass is 9.92. The lowest BCUT2D eigenvalue weighted by Crippen LogP contribution is -2.34. The van der Waals surface area contributed by atoms with Crippen molar-refractivity contribution in [2.75, 3.05) is 6.54 Å². The van der Waals surface area contributed by atoms with Crippen molar-refractivity contribution in [3.8, 4) is 0 Å². The van der Waals surface area contributed by atoms with Gasteiger partial charge in [0.2, 0.25) is 5.91 Å². The summed E-state index contributed by atoms with van der Waals surface area (Å²) in [5.41, 5.74) is 1.34. The Bertz CT molecular complexity index is 908. The van der Waals surface area contributed by atoms with Gasteiger partial charge in [0.15, 0.2) is 0 Å². The first-order chi connectivity index (χ1) is 15.4. The van der Waals surface area contributed by atoms with Crippen molar-refractivity contribution in [2.45, 2.75) is 64.0 Å². The summed E-state index contributed by atoms with van der Waals surface area (Å²) in [7, 11) is 0. The zero-order chi connectivity index (χ0) is 22.9. The van der Waals surface area contributed by atoms with Crippen LogP contribution in [0.4, 0.5) is 0 Å². The number of nitrogens with zero attached hydrogens (tertiary/aromatic N) is 1. The second-order valence-electron chi connectivity index (χ2n) is 8.65. The van der Waals surface area contributed by atoms with Crippen LogP contribution in [0.15, 0.2) is 48.5 Å². The molecule has 0 saturated carbocycles. The highest BCUT2D eigenvalue weighted by Gasteiger charge is 2.30. The third kappa shape index (κ3) is 7.04. The van der Waals surface area contributed by atoms with Crippen molar-refractivity contribution in [3.05, 3.63) is 63.9 Å². The Morgan fingerprint density at radius 3 is 2.72 bits per heavy atom. The van der Waals surface area contributed by atoms with E-state index in [-0.39, 0.29) is 24.0 Å². The van der Waals surface area contributed by atoms with Gasteiger partial charge < -0.3 is 15.1 Å². The second-order valence-corrected chi connectivity index (χ2v) is 9.76. The Balaban J connectivity index is 1.42. The van der Waals surface area contributed by atoms with E-state index in [9.17, 15) is 14.7 Å². The van der Waals surface area contributed by atoms with E-state index in [1.165, 1.54) is 16.9 Å². The summed E-state index contributed by atoms with van der Waals surface area (Å²) in [5.74, 6) is -0.522. The number of aryl methyl sites for hydroxylation is 1. The molecule has 6 heteroatoms. The maximum absolute atomic E-state index is 12.3. The van der Waals surface area contributed by atoms with Gasteiger partial charge in [0.1, 0.15) is 4.88 Å². The van der Waals surface area contributed by atoms with Crippen LogP contribution < -0.4 is 0 Å². The second kappa shape index (κ2) is 12.0. The van der Waals surface area contributed by atoms with Gasteiger partial charge in [-0.05, 0) is 68.2 Å². The fourth-order valence-electron chi connectivity index (χ4n) is 4.30. The van der Waals surface area contributed by atoms with Gasteiger partial charge >= 0.3 is 5.97 Å². The van der Waals surface area contributed by atoms with E-state index < -0.39 is 5.97 Å². The molecule has 1 saturated heterocycles. The minimum atomic E-state index is -0.919. The minimum absolute atomic E-state index is 0.155. The van der Waals surface area contributed by atoms with Gasteiger partial charge in [0.25, 0.3) is 0 Å². The van der Waals surface area contributed by atoms with E-state index in [4.69, 9.17) is 5.11 Å². The maximum atomic E-state index is 12.3. The number of aliphatic hydroxyl groups is 1. The largest absolute Gasteiger partial charge is 0.477 e. The molecule has 172 valence electrons. The number of benzene rings is 1. The minimum Gasteiger partial charge on any atom is -0.477 e. The van der Waals surface area contributed by atoms with Gasteiger partial charge in [-0.15, -0.1) is 11.3 Å². The van der Waals surface area contributed by atoms with Gasteiger partial charge in [0.05, 0.1) is 6.10 Å². The third-order valence-corrected chi connectivity index (χ3v) is 7.33. The van der Waals surface area contributed by atoms with Crippen molar-refractivity contribution in [3.63, 3.8) is 0 Å². The summed E-state index contributed by atoms with van der Waals surface area (Å²) in [5, 5.41) is 19.7. The molecule has 0 aliphatic carbocycles. The quantitative estimate of drug-likeness (QED) is 0.458. The Morgan fingerprint density at radius 1 is 1.22 bits per heavy atom. The van der Waals surface area contributed by atoms with Gasteiger partial charge in [-0.25, -0.2) is 4.79 Å². The summed E-state index contributed by atoms with van der Waals surface area (Å²) in [4.78, 5) is 26.4. The smallest absolute Gasteiger partial charge is 0.345 e. The van der Waals surface area contributed by atoms with E-state index in [0.717, 1.165) is 37.0 Å². The Kier molecular flexibility index (Phi) is 9.06. The molecule has 3 rings (SSSR count). The molecular weight excluding hydrogens is 422 g/mol. The number of aliphatic hydroxyl groups excluding tert-OH is 1. The number of carboxylic acids is 1. The van der Waals surface area contributed by atoms with Crippen molar-refractivity contribution < 1.29 is 19.8 Å². The summed E-state index contributed by atoms with van der Waals surface area (Å²) in [6, 6.07) is 14.0. The van der Waals surface area contributed by atoms with Crippen LogP contribution in [-0.2, 0) is 11.2 Å². The molecule has 1 aliphatic heterocycles. The zero-order valence-corrected chi connectivity index (χ0v) is 19.5. The molecular formula is C26H33NO4S. The van der Waals surface area contributed by atoms with E-state index in [2.05, 4.69) is 31.2 Å².